The molecule has 0 aliphatic carbocycles. The molecule has 0 radical (unpaired) electrons. The van der Waals surface area contributed by atoms with Gasteiger partial charge in [0.05, 0.1) is 5.56 Å². The summed E-state index contributed by atoms with van der Waals surface area (Å²) in [7, 11) is 0. The van der Waals surface area contributed by atoms with Crippen LogP contribution >= 0.6 is 15.9 Å². The summed E-state index contributed by atoms with van der Waals surface area (Å²) in [5, 5.41) is 6.84. The van der Waals surface area contributed by atoms with Crippen LogP contribution in [0.2, 0.25) is 0 Å². The van der Waals surface area contributed by atoms with Gasteiger partial charge in [0.15, 0.2) is 5.82 Å². The number of hydrogen-bond acceptors (Lipinski definition) is 3. The second-order valence-electron chi connectivity index (χ2n) is 4.74. The molecule has 0 spiro atoms. The molecule has 116 valence electrons. The monoisotopic (exact) mass is 374 g/mol. The molecule has 1 N–H and O–H groups in total. The van der Waals surface area contributed by atoms with E-state index >= 15 is 0 Å². The number of hydrogen-bond donors (Lipinski definition) is 1. The first-order chi connectivity index (χ1) is 11.1. The Balaban J connectivity index is 1.79. The summed E-state index contributed by atoms with van der Waals surface area (Å²) in [5.74, 6) is -0.434. The fourth-order valence-corrected chi connectivity index (χ4v) is 2.47. The number of rotatable bonds is 4. The normalized spacial score (nSPS) is 10.5. The lowest BCUT2D eigenvalue weighted by atomic mass is 10.2. The SMILES string of the molecule is O=C(NCc1cccnc1-n1cccn1)c1cc(Br)ccc1F. The number of pyridine rings is 1. The second kappa shape index (κ2) is 6.70. The summed E-state index contributed by atoms with van der Waals surface area (Å²) in [6.45, 7) is 0.216. The fraction of sp³-hybridized carbons (Fsp3) is 0.0625. The van der Waals surface area contributed by atoms with Gasteiger partial charge in [0.1, 0.15) is 5.82 Å². The van der Waals surface area contributed by atoms with Gasteiger partial charge in [0.2, 0.25) is 0 Å². The van der Waals surface area contributed by atoms with Gasteiger partial charge in [-0.2, -0.15) is 5.10 Å². The Morgan fingerprint density at radius 3 is 2.91 bits per heavy atom. The highest BCUT2D eigenvalue weighted by Gasteiger charge is 2.13. The quantitative estimate of drug-likeness (QED) is 0.763. The number of benzene rings is 1. The molecular formula is C16H12BrFN4O. The Morgan fingerprint density at radius 1 is 1.26 bits per heavy atom. The third kappa shape index (κ3) is 3.45. The van der Waals surface area contributed by atoms with Gasteiger partial charge in [-0.05, 0) is 30.3 Å². The zero-order valence-corrected chi connectivity index (χ0v) is 13.5. The van der Waals surface area contributed by atoms with E-state index < -0.39 is 11.7 Å². The molecule has 0 unspecified atom stereocenters. The van der Waals surface area contributed by atoms with Crippen LogP contribution in [-0.2, 0) is 6.54 Å². The van der Waals surface area contributed by atoms with E-state index in [2.05, 4.69) is 31.3 Å². The third-order valence-corrected chi connectivity index (χ3v) is 3.69. The van der Waals surface area contributed by atoms with Gasteiger partial charge in [-0.25, -0.2) is 14.1 Å². The topological polar surface area (TPSA) is 59.8 Å². The van der Waals surface area contributed by atoms with Crippen molar-refractivity contribution in [1.82, 2.24) is 20.1 Å². The minimum Gasteiger partial charge on any atom is -0.348 e. The molecule has 23 heavy (non-hydrogen) atoms. The molecular weight excluding hydrogens is 363 g/mol. The van der Waals surface area contributed by atoms with Crippen LogP contribution < -0.4 is 5.32 Å². The predicted octanol–water partition coefficient (Wildman–Crippen LogP) is 3.10. The zero-order valence-electron chi connectivity index (χ0n) is 11.9. The zero-order chi connectivity index (χ0) is 16.2. The maximum Gasteiger partial charge on any atom is 0.254 e. The molecule has 0 saturated carbocycles. The van der Waals surface area contributed by atoms with E-state index in [1.165, 1.54) is 12.1 Å². The van der Waals surface area contributed by atoms with Crippen LogP contribution in [-0.4, -0.2) is 20.7 Å². The summed E-state index contributed by atoms with van der Waals surface area (Å²) in [4.78, 5) is 16.4. The minimum atomic E-state index is -0.566. The summed E-state index contributed by atoms with van der Waals surface area (Å²) in [6.07, 6.45) is 5.06. The summed E-state index contributed by atoms with van der Waals surface area (Å²) in [5.41, 5.74) is 0.767. The van der Waals surface area contributed by atoms with E-state index in [9.17, 15) is 9.18 Å². The van der Waals surface area contributed by atoms with Crippen molar-refractivity contribution in [2.45, 2.75) is 6.54 Å². The molecule has 0 bridgehead atoms. The highest BCUT2D eigenvalue weighted by atomic mass is 79.9. The van der Waals surface area contributed by atoms with E-state index in [4.69, 9.17) is 0 Å². The van der Waals surface area contributed by atoms with Crippen molar-refractivity contribution in [2.24, 2.45) is 0 Å². The summed E-state index contributed by atoms with van der Waals surface area (Å²) < 4.78 is 16.0. The molecule has 1 aromatic carbocycles. The minimum absolute atomic E-state index is 0.0103. The van der Waals surface area contributed by atoms with Crippen LogP contribution in [0.15, 0.2) is 59.5 Å². The van der Waals surface area contributed by atoms with E-state index in [0.717, 1.165) is 5.56 Å². The maximum absolute atomic E-state index is 13.7. The highest BCUT2D eigenvalue weighted by molar-refractivity contribution is 9.10. The van der Waals surface area contributed by atoms with Crippen molar-refractivity contribution in [3.8, 4) is 5.82 Å². The Kier molecular flexibility index (Phi) is 4.47. The smallest absolute Gasteiger partial charge is 0.254 e. The highest BCUT2D eigenvalue weighted by Crippen LogP contribution is 2.16. The summed E-state index contributed by atoms with van der Waals surface area (Å²) in [6, 6.07) is 9.63. The van der Waals surface area contributed by atoms with Crippen molar-refractivity contribution in [1.29, 1.82) is 0 Å². The predicted molar refractivity (Wildman–Crippen MR) is 86.6 cm³/mol. The van der Waals surface area contributed by atoms with Gasteiger partial charge < -0.3 is 5.32 Å². The van der Waals surface area contributed by atoms with Crippen molar-refractivity contribution in [3.63, 3.8) is 0 Å². The van der Waals surface area contributed by atoms with Gasteiger partial charge in [-0.3, -0.25) is 4.79 Å². The molecule has 0 fully saturated rings. The molecule has 0 aliphatic rings. The van der Waals surface area contributed by atoms with E-state index in [1.807, 2.05) is 6.07 Å². The average molecular weight is 375 g/mol. The number of carbonyl (C=O) groups is 1. The van der Waals surface area contributed by atoms with Crippen LogP contribution in [0, 0.1) is 5.82 Å². The van der Waals surface area contributed by atoms with Crippen molar-refractivity contribution in [3.05, 3.63) is 76.4 Å². The number of amides is 1. The molecule has 2 aromatic heterocycles. The molecule has 3 rings (SSSR count). The third-order valence-electron chi connectivity index (χ3n) is 3.20. The molecule has 5 nitrogen and oxygen atoms in total. The molecule has 0 atom stereocenters. The number of aromatic nitrogens is 3. The van der Waals surface area contributed by atoms with Crippen LogP contribution in [0.1, 0.15) is 15.9 Å². The number of nitrogens with zero attached hydrogens (tertiary/aromatic N) is 3. The number of nitrogens with one attached hydrogen (secondary N) is 1. The van der Waals surface area contributed by atoms with Crippen molar-refractivity contribution >= 4 is 21.8 Å². The molecule has 1 amide bonds. The van der Waals surface area contributed by atoms with Crippen LogP contribution in [0.5, 0.6) is 0 Å². The largest absolute Gasteiger partial charge is 0.348 e. The molecule has 0 aliphatic heterocycles. The first-order valence-corrected chi connectivity index (χ1v) is 7.61. The first kappa shape index (κ1) is 15.4. The van der Waals surface area contributed by atoms with Gasteiger partial charge in [0, 0.05) is 35.2 Å². The van der Waals surface area contributed by atoms with E-state index in [-0.39, 0.29) is 12.1 Å². The molecule has 7 heteroatoms. The fourth-order valence-electron chi connectivity index (χ4n) is 2.11. The molecule has 2 heterocycles. The second-order valence-corrected chi connectivity index (χ2v) is 5.66. The van der Waals surface area contributed by atoms with Crippen molar-refractivity contribution < 1.29 is 9.18 Å². The van der Waals surface area contributed by atoms with Gasteiger partial charge in [-0.1, -0.05) is 22.0 Å². The molecule has 0 saturated heterocycles. The number of carbonyl (C=O) groups excluding carboxylic acids is 1. The van der Waals surface area contributed by atoms with Gasteiger partial charge in [0.25, 0.3) is 5.91 Å². The lowest BCUT2D eigenvalue weighted by molar-refractivity contribution is 0.0947. The Bertz CT molecular complexity index is 836. The van der Waals surface area contributed by atoms with Gasteiger partial charge in [-0.15, -0.1) is 0 Å². The van der Waals surface area contributed by atoms with Crippen LogP contribution in [0.25, 0.3) is 5.82 Å². The average Bonchev–Trinajstić information content (AvgIpc) is 3.09. The lowest BCUT2D eigenvalue weighted by Crippen LogP contribution is -2.24. The van der Waals surface area contributed by atoms with E-state index in [0.29, 0.717) is 10.3 Å². The standard InChI is InChI=1S/C16H12BrFN4O/c17-12-4-5-14(18)13(9-12)16(23)20-10-11-3-1-6-19-15(11)22-8-2-7-21-22/h1-9H,10H2,(H,20,23). The number of halogens is 2. The summed E-state index contributed by atoms with van der Waals surface area (Å²) >= 11 is 3.23. The first-order valence-electron chi connectivity index (χ1n) is 6.82. The Hall–Kier alpha value is -2.54. The van der Waals surface area contributed by atoms with Crippen LogP contribution in [0.4, 0.5) is 4.39 Å². The van der Waals surface area contributed by atoms with Crippen molar-refractivity contribution in [2.75, 3.05) is 0 Å². The maximum atomic E-state index is 13.7. The Labute approximate surface area is 140 Å². The lowest BCUT2D eigenvalue weighted by Gasteiger charge is -2.10. The molecule has 3 aromatic rings. The van der Waals surface area contributed by atoms with Crippen LogP contribution in [0.3, 0.4) is 0 Å². The van der Waals surface area contributed by atoms with Gasteiger partial charge >= 0.3 is 0 Å². The Morgan fingerprint density at radius 2 is 2.13 bits per heavy atom. The van der Waals surface area contributed by atoms with E-state index in [1.54, 1.807) is 41.5 Å².